The van der Waals surface area contributed by atoms with Crippen LogP contribution in [0.2, 0.25) is 0 Å². The van der Waals surface area contributed by atoms with Gasteiger partial charge in [0.1, 0.15) is 0 Å². The Morgan fingerprint density at radius 3 is 3.09 bits per heavy atom. The molecule has 1 aromatic rings. The predicted molar refractivity (Wildman–Crippen MR) is 91.5 cm³/mol. The molecular formula is C18H24N2O2S. The van der Waals surface area contributed by atoms with Crippen LogP contribution in [-0.2, 0) is 9.53 Å². The summed E-state index contributed by atoms with van der Waals surface area (Å²) in [5, 5.41) is 0. The number of pyridine rings is 1. The minimum atomic E-state index is 0.159. The van der Waals surface area contributed by atoms with Crippen molar-refractivity contribution in [2.24, 2.45) is 5.92 Å². The molecule has 3 aliphatic rings. The summed E-state index contributed by atoms with van der Waals surface area (Å²) in [5.41, 5.74) is 1.21. The van der Waals surface area contributed by atoms with Crippen LogP contribution in [0.4, 0.5) is 0 Å². The van der Waals surface area contributed by atoms with Gasteiger partial charge >= 0.3 is 0 Å². The van der Waals surface area contributed by atoms with E-state index in [4.69, 9.17) is 4.74 Å². The minimum absolute atomic E-state index is 0.159. The van der Waals surface area contributed by atoms with Crippen molar-refractivity contribution >= 4 is 17.7 Å². The third-order valence-corrected chi connectivity index (χ3v) is 6.42. The number of rotatable bonds is 5. The maximum atomic E-state index is 13.1. The van der Waals surface area contributed by atoms with Crippen molar-refractivity contribution in [3.8, 4) is 0 Å². The number of carbonyl (C=O) groups is 1. The number of carbonyl (C=O) groups excluding carboxylic acids is 1. The number of hydrogen-bond donors (Lipinski definition) is 0. The summed E-state index contributed by atoms with van der Waals surface area (Å²) in [7, 11) is 0. The molecule has 1 amide bonds. The van der Waals surface area contributed by atoms with Gasteiger partial charge in [0, 0.05) is 43.3 Å². The Morgan fingerprint density at radius 1 is 1.43 bits per heavy atom. The Balaban J connectivity index is 1.44. The highest BCUT2D eigenvalue weighted by molar-refractivity contribution is 7.99. The van der Waals surface area contributed by atoms with Gasteiger partial charge in [-0.3, -0.25) is 9.78 Å². The molecule has 1 saturated carbocycles. The van der Waals surface area contributed by atoms with Crippen molar-refractivity contribution in [1.82, 2.24) is 9.88 Å². The van der Waals surface area contributed by atoms with Crippen LogP contribution in [0.25, 0.3) is 0 Å². The Morgan fingerprint density at radius 2 is 2.39 bits per heavy atom. The van der Waals surface area contributed by atoms with Crippen LogP contribution in [0.3, 0.4) is 0 Å². The SMILES string of the molecule is O=C([C@@H]1C[C@H]1c1cccnc1)N(C[C@H]1CCCO1)[C@H]1CCSC1. The van der Waals surface area contributed by atoms with E-state index in [0.29, 0.717) is 17.9 Å². The van der Waals surface area contributed by atoms with Crippen molar-refractivity contribution in [3.63, 3.8) is 0 Å². The van der Waals surface area contributed by atoms with Crippen LogP contribution in [0.5, 0.6) is 0 Å². The number of thioether (sulfide) groups is 1. The number of ether oxygens (including phenoxy) is 1. The highest BCUT2D eigenvalue weighted by atomic mass is 32.2. The average molecular weight is 332 g/mol. The first-order valence-corrected chi connectivity index (χ1v) is 9.88. The molecule has 23 heavy (non-hydrogen) atoms. The number of hydrogen-bond acceptors (Lipinski definition) is 4. The van der Waals surface area contributed by atoms with Crippen LogP contribution in [0, 0.1) is 5.92 Å². The summed E-state index contributed by atoms with van der Waals surface area (Å²) in [6.45, 7) is 1.65. The highest BCUT2D eigenvalue weighted by Gasteiger charge is 2.47. The largest absolute Gasteiger partial charge is 0.376 e. The Kier molecular flexibility index (Phi) is 4.58. The lowest BCUT2D eigenvalue weighted by atomic mass is 10.1. The summed E-state index contributed by atoms with van der Waals surface area (Å²) >= 11 is 1.97. The standard InChI is InChI=1S/C18H24N2O2S/c21-18(17-9-16(17)13-3-1-6-19-10-13)20(14-5-8-23-12-14)11-15-4-2-7-22-15/h1,3,6,10,14-17H,2,4-5,7-9,11-12H2/t14-,15+,16-,17+/m0/s1. The van der Waals surface area contributed by atoms with E-state index >= 15 is 0 Å². The third kappa shape index (κ3) is 3.41. The molecule has 3 heterocycles. The molecule has 2 saturated heterocycles. The molecule has 0 spiro atoms. The zero-order chi connectivity index (χ0) is 15.6. The van der Waals surface area contributed by atoms with Crippen molar-refractivity contribution in [3.05, 3.63) is 30.1 Å². The van der Waals surface area contributed by atoms with Gasteiger partial charge in [-0.05, 0) is 49.0 Å². The zero-order valence-electron chi connectivity index (χ0n) is 13.4. The smallest absolute Gasteiger partial charge is 0.226 e. The molecule has 0 bridgehead atoms. The Bertz CT molecular complexity index is 541. The van der Waals surface area contributed by atoms with Crippen LogP contribution in [0.1, 0.15) is 37.2 Å². The molecule has 0 unspecified atom stereocenters. The van der Waals surface area contributed by atoms with Gasteiger partial charge in [0.25, 0.3) is 0 Å². The van der Waals surface area contributed by atoms with E-state index in [1.54, 1.807) is 6.20 Å². The van der Waals surface area contributed by atoms with Gasteiger partial charge in [-0.2, -0.15) is 11.8 Å². The van der Waals surface area contributed by atoms with Crippen molar-refractivity contribution in [1.29, 1.82) is 0 Å². The van der Waals surface area contributed by atoms with E-state index in [1.807, 2.05) is 24.0 Å². The van der Waals surface area contributed by atoms with Crippen LogP contribution in [-0.4, -0.2) is 52.6 Å². The molecule has 0 aromatic carbocycles. The summed E-state index contributed by atoms with van der Waals surface area (Å²) in [4.78, 5) is 19.5. The van der Waals surface area contributed by atoms with Crippen molar-refractivity contribution < 1.29 is 9.53 Å². The first-order chi connectivity index (χ1) is 11.3. The molecule has 4 rings (SSSR count). The maximum Gasteiger partial charge on any atom is 0.226 e. The van der Waals surface area contributed by atoms with Gasteiger partial charge in [-0.15, -0.1) is 0 Å². The summed E-state index contributed by atoms with van der Waals surface area (Å²) in [6.07, 6.45) is 8.30. The minimum Gasteiger partial charge on any atom is -0.376 e. The van der Waals surface area contributed by atoms with Crippen molar-refractivity contribution in [2.75, 3.05) is 24.7 Å². The Hall–Kier alpha value is -1.07. The summed E-state index contributed by atoms with van der Waals surface area (Å²) in [6, 6.07) is 4.47. The van der Waals surface area contributed by atoms with E-state index in [-0.39, 0.29) is 12.0 Å². The van der Waals surface area contributed by atoms with E-state index in [0.717, 1.165) is 44.6 Å². The fraction of sp³-hybridized carbons (Fsp3) is 0.667. The molecule has 124 valence electrons. The zero-order valence-corrected chi connectivity index (χ0v) is 14.2. The average Bonchev–Trinajstić information content (AvgIpc) is 2.98. The van der Waals surface area contributed by atoms with E-state index in [9.17, 15) is 4.79 Å². The molecule has 2 aliphatic heterocycles. The van der Waals surface area contributed by atoms with Crippen molar-refractivity contribution in [2.45, 2.75) is 43.7 Å². The lowest BCUT2D eigenvalue weighted by Crippen LogP contribution is -2.45. The molecular weight excluding hydrogens is 308 g/mol. The fourth-order valence-corrected chi connectivity index (χ4v) is 5.06. The first kappa shape index (κ1) is 15.5. The van der Waals surface area contributed by atoms with Gasteiger partial charge in [0.2, 0.25) is 5.91 Å². The number of amides is 1. The summed E-state index contributed by atoms with van der Waals surface area (Å²) in [5.74, 6) is 3.14. The topological polar surface area (TPSA) is 42.4 Å². The predicted octanol–water partition coefficient (Wildman–Crippen LogP) is 2.70. The molecule has 5 heteroatoms. The lowest BCUT2D eigenvalue weighted by Gasteiger charge is -2.31. The lowest BCUT2D eigenvalue weighted by molar-refractivity contribution is -0.136. The molecule has 3 fully saturated rings. The molecule has 4 atom stereocenters. The van der Waals surface area contributed by atoms with Gasteiger partial charge in [0.15, 0.2) is 0 Å². The van der Waals surface area contributed by atoms with Crippen LogP contribution < -0.4 is 0 Å². The normalized spacial score (nSPS) is 32.9. The third-order valence-electron chi connectivity index (χ3n) is 5.27. The van der Waals surface area contributed by atoms with Gasteiger partial charge in [0.05, 0.1) is 6.10 Å². The Labute approximate surface area is 142 Å². The van der Waals surface area contributed by atoms with Crippen LogP contribution in [0.15, 0.2) is 24.5 Å². The molecule has 0 radical (unpaired) electrons. The van der Waals surface area contributed by atoms with Crippen LogP contribution >= 0.6 is 11.8 Å². The second kappa shape index (κ2) is 6.81. The molecule has 1 aliphatic carbocycles. The van der Waals surface area contributed by atoms with Gasteiger partial charge in [-0.25, -0.2) is 0 Å². The molecule has 1 aromatic heterocycles. The van der Waals surface area contributed by atoms with E-state index in [2.05, 4.69) is 16.0 Å². The second-order valence-electron chi connectivity index (χ2n) is 6.88. The van der Waals surface area contributed by atoms with Gasteiger partial charge in [-0.1, -0.05) is 6.07 Å². The highest BCUT2D eigenvalue weighted by Crippen LogP contribution is 2.48. The molecule has 4 nitrogen and oxygen atoms in total. The second-order valence-corrected chi connectivity index (χ2v) is 8.03. The monoisotopic (exact) mass is 332 g/mol. The number of nitrogens with zero attached hydrogens (tertiary/aromatic N) is 2. The van der Waals surface area contributed by atoms with E-state index in [1.165, 1.54) is 11.3 Å². The summed E-state index contributed by atoms with van der Waals surface area (Å²) < 4.78 is 5.79. The quantitative estimate of drug-likeness (QED) is 0.831. The maximum absolute atomic E-state index is 13.1. The molecule has 0 N–H and O–H groups in total. The first-order valence-electron chi connectivity index (χ1n) is 8.72. The number of aromatic nitrogens is 1. The fourth-order valence-electron chi connectivity index (χ4n) is 3.84. The van der Waals surface area contributed by atoms with E-state index < -0.39 is 0 Å². The van der Waals surface area contributed by atoms with Gasteiger partial charge < -0.3 is 9.64 Å².